The maximum absolute atomic E-state index is 5.57. The standard InChI is InChI=1S/C13H26O5/c1-12(2,3)17-11-16-9-14-7-5-13(4)6-8-15-10-18-13/h5-11H2,1-4H3. The Hall–Kier alpha value is -0.200. The van der Waals surface area contributed by atoms with E-state index in [1.807, 2.05) is 20.8 Å². The van der Waals surface area contributed by atoms with Gasteiger partial charge in [0, 0.05) is 0 Å². The number of hydrogen-bond donors (Lipinski definition) is 0. The molecule has 1 saturated heterocycles. The quantitative estimate of drug-likeness (QED) is 0.520. The molecule has 0 radical (unpaired) electrons. The van der Waals surface area contributed by atoms with Crippen molar-refractivity contribution >= 4 is 0 Å². The Morgan fingerprint density at radius 2 is 1.94 bits per heavy atom. The van der Waals surface area contributed by atoms with Gasteiger partial charge in [-0.15, -0.1) is 0 Å². The molecule has 5 nitrogen and oxygen atoms in total. The summed E-state index contributed by atoms with van der Waals surface area (Å²) in [5.41, 5.74) is -0.302. The van der Waals surface area contributed by atoms with Gasteiger partial charge in [-0.1, -0.05) is 0 Å². The van der Waals surface area contributed by atoms with Crippen LogP contribution in [0, 0.1) is 0 Å². The lowest BCUT2D eigenvalue weighted by Crippen LogP contribution is -2.37. The fraction of sp³-hybridized carbons (Fsp3) is 1.00. The highest BCUT2D eigenvalue weighted by Crippen LogP contribution is 2.23. The van der Waals surface area contributed by atoms with Crippen LogP contribution in [0.2, 0.25) is 0 Å². The maximum atomic E-state index is 5.57. The molecule has 0 saturated carbocycles. The van der Waals surface area contributed by atoms with Crippen molar-refractivity contribution in [2.45, 2.75) is 51.7 Å². The van der Waals surface area contributed by atoms with Crippen LogP contribution < -0.4 is 0 Å². The van der Waals surface area contributed by atoms with E-state index in [2.05, 4.69) is 6.92 Å². The van der Waals surface area contributed by atoms with Crippen molar-refractivity contribution in [3.05, 3.63) is 0 Å². The van der Waals surface area contributed by atoms with Gasteiger partial charge in [0.15, 0.2) is 0 Å². The van der Waals surface area contributed by atoms with E-state index in [1.54, 1.807) is 0 Å². The van der Waals surface area contributed by atoms with Gasteiger partial charge in [0.25, 0.3) is 0 Å². The Kier molecular flexibility index (Phi) is 6.52. The Morgan fingerprint density at radius 1 is 1.17 bits per heavy atom. The van der Waals surface area contributed by atoms with Crippen molar-refractivity contribution in [2.24, 2.45) is 0 Å². The summed E-state index contributed by atoms with van der Waals surface area (Å²) in [6, 6.07) is 0. The zero-order chi connectivity index (χ0) is 13.5. The van der Waals surface area contributed by atoms with Gasteiger partial charge in [-0.3, -0.25) is 0 Å². The van der Waals surface area contributed by atoms with Crippen LogP contribution in [0.15, 0.2) is 0 Å². The molecule has 1 unspecified atom stereocenters. The van der Waals surface area contributed by atoms with E-state index in [4.69, 9.17) is 23.7 Å². The van der Waals surface area contributed by atoms with Crippen LogP contribution in [0.3, 0.4) is 0 Å². The molecule has 0 aromatic rings. The van der Waals surface area contributed by atoms with Crippen molar-refractivity contribution in [2.75, 3.05) is 33.6 Å². The molecule has 1 atom stereocenters. The van der Waals surface area contributed by atoms with Gasteiger partial charge in [-0.05, 0) is 40.5 Å². The Labute approximate surface area is 110 Å². The monoisotopic (exact) mass is 262 g/mol. The van der Waals surface area contributed by atoms with E-state index < -0.39 is 0 Å². The first-order valence-corrected chi connectivity index (χ1v) is 6.42. The summed E-state index contributed by atoms with van der Waals surface area (Å²) in [6.07, 6.45) is 1.75. The van der Waals surface area contributed by atoms with Crippen molar-refractivity contribution in [1.82, 2.24) is 0 Å². The largest absolute Gasteiger partial charge is 0.355 e. The summed E-state index contributed by atoms with van der Waals surface area (Å²) in [7, 11) is 0. The van der Waals surface area contributed by atoms with Gasteiger partial charge in [0.2, 0.25) is 0 Å². The molecule has 108 valence electrons. The first-order chi connectivity index (χ1) is 8.41. The van der Waals surface area contributed by atoms with Crippen molar-refractivity contribution in [3.63, 3.8) is 0 Å². The lowest BCUT2D eigenvalue weighted by molar-refractivity contribution is -0.200. The SMILES string of the molecule is CC(C)(C)OCOCOCCC1(C)CCOCO1. The van der Waals surface area contributed by atoms with E-state index in [1.165, 1.54) is 0 Å². The minimum absolute atomic E-state index is 0.125. The third kappa shape index (κ3) is 7.28. The third-order valence-corrected chi connectivity index (χ3v) is 2.78. The van der Waals surface area contributed by atoms with Crippen LogP contribution in [0.1, 0.15) is 40.5 Å². The number of rotatable bonds is 7. The molecule has 0 amide bonds. The normalized spacial score (nSPS) is 25.3. The second kappa shape index (κ2) is 7.40. The van der Waals surface area contributed by atoms with Gasteiger partial charge in [-0.25, -0.2) is 0 Å². The van der Waals surface area contributed by atoms with Crippen molar-refractivity contribution in [3.8, 4) is 0 Å². The average molecular weight is 262 g/mol. The zero-order valence-electron chi connectivity index (χ0n) is 12.0. The average Bonchev–Trinajstić information content (AvgIpc) is 2.27. The third-order valence-electron chi connectivity index (χ3n) is 2.78. The van der Waals surface area contributed by atoms with Crippen LogP contribution >= 0.6 is 0 Å². The molecule has 0 aromatic heterocycles. The highest BCUT2D eigenvalue weighted by molar-refractivity contribution is 4.76. The molecule has 0 aliphatic carbocycles. The lowest BCUT2D eigenvalue weighted by atomic mass is 9.98. The second-order valence-corrected chi connectivity index (χ2v) is 5.73. The molecule has 1 fully saturated rings. The van der Waals surface area contributed by atoms with Crippen LogP contribution in [-0.4, -0.2) is 44.8 Å². The predicted molar refractivity (Wildman–Crippen MR) is 67.2 cm³/mol. The summed E-state index contributed by atoms with van der Waals surface area (Å²) >= 11 is 0. The van der Waals surface area contributed by atoms with Gasteiger partial charge >= 0.3 is 0 Å². The molecule has 1 aliphatic heterocycles. The predicted octanol–water partition coefficient (Wildman–Crippen LogP) is 2.29. The minimum Gasteiger partial charge on any atom is -0.355 e. The van der Waals surface area contributed by atoms with Crippen LogP contribution in [0.4, 0.5) is 0 Å². The van der Waals surface area contributed by atoms with Crippen LogP contribution in [0.25, 0.3) is 0 Å². The number of hydrogen-bond acceptors (Lipinski definition) is 5. The fourth-order valence-electron chi connectivity index (χ4n) is 1.46. The zero-order valence-corrected chi connectivity index (χ0v) is 12.0. The fourth-order valence-corrected chi connectivity index (χ4v) is 1.46. The van der Waals surface area contributed by atoms with Crippen LogP contribution in [-0.2, 0) is 23.7 Å². The Balaban J connectivity index is 1.95. The van der Waals surface area contributed by atoms with Gasteiger partial charge in [0.05, 0.1) is 24.4 Å². The summed E-state index contributed by atoms with van der Waals surface area (Å²) in [6.45, 7) is 10.3. The molecule has 0 N–H and O–H groups in total. The van der Waals surface area contributed by atoms with Gasteiger partial charge in [-0.2, -0.15) is 0 Å². The van der Waals surface area contributed by atoms with Crippen LogP contribution in [0.5, 0.6) is 0 Å². The van der Waals surface area contributed by atoms with E-state index in [9.17, 15) is 0 Å². The molecular formula is C13H26O5. The Morgan fingerprint density at radius 3 is 2.56 bits per heavy atom. The lowest BCUT2D eigenvalue weighted by Gasteiger charge is -2.33. The second-order valence-electron chi connectivity index (χ2n) is 5.73. The summed E-state index contributed by atoms with van der Waals surface area (Å²) in [5.74, 6) is 0. The molecular weight excluding hydrogens is 236 g/mol. The molecule has 0 spiro atoms. The van der Waals surface area contributed by atoms with E-state index >= 15 is 0 Å². The summed E-state index contributed by atoms with van der Waals surface area (Å²) in [4.78, 5) is 0. The molecule has 18 heavy (non-hydrogen) atoms. The van der Waals surface area contributed by atoms with Gasteiger partial charge in [0.1, 0.15) is 20.4 Å². The first kappa shape index (κ1) is 15.9. The molecule has 1 rings (SSSR count). The maximum Gasteiger partial charge on any atom is 0.150 e. The van der Waals surface area contributed by atoms with E-state index in [-0.39, 0.29) is 24.8 Å². The van der Waals surface area contributed by atoms with Crippen molar-refractivity contribution in [1.29, 1.82) is 0 Å². The van der Waals surface area contributed by atoms with Crippen molar-refractivity contribution < 1.29 is 23.7 Å². The molecule has 0 aromatic carbocycles. The molecule has 0 bridgehead atoms. The summed E-state index contributed by atoms with van der Waals surface area (Å²) < 4.78 is 26.7. The first-order valence-electron chi connectivity index (χ1n) is 6.42. The molecule has 5 heteroatoms. The van der Waals surface area contributed by atoms with Gasteiger partial charge < -0.3 is 23.7 Å². The molecule has 1 heterocycles. The minimum atomic E-state index is -0.177. The van der Waals surface area contributed by atoms with E-state index in [0.717, 1.165) is 19.4 Å². The topological polar surface area (TPSA) is 46.2 Å². The smallest absolute Gasteiger partial charge is 0.150 e. The summed E-state index contributed by atoms with van der Waals surface area (Å²) in [5, 5.41) is 0. The molecule has 1 aliphatic rings. The highest BCUT2D eigenvalue weighted by atomic mass is 16.7. The van der Waals surface area contributed by atoms with E-state index in [0.29, 0.717) is 13.4 Å². The Bertz CT molecular complexity index is 218. The highest BCUT2D eigenvalue weighted by Gasteiger charge is 2.27. The number of ether oxygens (including phenoxy) is 5.